The van der Waals surface area contributed by atoms with Gasteiger partial charge in [-0.05, 0) is 35.4 Å². The maximum absolute atomic E-state index is 13.2. The van der Waals surface area contributed by atoms with Gasteiger partial charge in [-0.2, -0.15) is 0 Å². The van der Waals surface area contributed by atoms with Gasteiger partial charge in [0.25, 0.3) is 5.91 Å². The largest absolute Gasteiger partial charge is 0.379 e. The molecule has 0 unspecified atom stereocenters. The van der Waals surface area contributed by atoms with E-state index < -0.39 is 0 Å². The second kappa shape index (κ2) is 9.90. The summed E-state index contributed by atoms with van der Waals surface area (Å²) in [6.45, 7) is 4.94. The molecule has 0 spiro atoms. The van der Waals surface area contributed by atoms with Crippen LogP contribution in [0, 0.1) is 0 Å². The van der Waals surface area contributed by atoms with Gasteiger partial charge in [-0.3, -0.25) is 14.7 Å². The summed E-state index contributed by atoms with van der Waals surface area (Å²) >= 11 is 0. The van der Waals surface area contributed by atoms with E-state index in [0.29, 0.717) is 12.1 Å². The maximum atomic E-state index is 13.2. The number of amides is 1. The summed E-state index contributed by atoms with van der Waals surface area (Å²) in [5.74, 6) is -0.110. The van der Waals surface area contributed by atoms with Crippen molar-refractivity contribution in [1.29, 1.82) is 0 Å². The van der Waals surface area contributed by atoms with Crippen molar-refractivity contribution in [2.24, 2.45) is 0 Å². The second-order valence-corrected chi connectivity index (χ2v) is 8.20. The van der Waals surface area contributed by atoms with Crippen LogP contribution in [0.1, 0.15) is 21.5 Å². The third-order valence-corrected chi connectivity index (χ3v) is 5.92. The Balaban J connectivity index is 1.31. The van der Waals surface area contributed by atoms with Gasteiger partial charge in [0.05, 0.1) is 30.0 Å². The molecule has 1 saturated heterocycles. The van der Waals surface area contributed by atoms with E-state index in [1.807, 2.05) is 42.5 Å². The number of pyridine rings is 2. The van der Waals surface area contributed by atoms with E-state index in [1.165, 1.54) is 5.56 Å². The van der Waals surface area contributed by atoms with Crippen molar-refractivity contribution in [3.63, 3.8) is 0 Å². The van der Waals surface area contributed by atoms with Crippen LogP contribution in [0.25, 0.3) is 22.2 Å². The fraction of sp³-hybridized carbons (Fsp3) is 0.222. The number of carbonyl (C=O) groups excluding carboxylic acids is 1. The molecule has 0 saturated carbocycles. The first-order valence-corrected chi connectivity index (χ1v) is 11.2. The van der Waals surface area contributed by atoms with Gasteiger partial charge in [-0.1, -0.05) is 42.5 Å². The van der Waals surface area contributed by atoms with E-state index in [2.05, 4.69) is 39.5 Å². The Morgan fingerprint density at radius 2 is 1.67 bits per heavy atom. The molecule has 5 rings (SSSR count). The normalized spacial score (nSPS) is 14.3. The van der Waals surface area contributed by atoms with Crippen molar-refractivity contribution in [2.75, 3.05) is 26.3 Å². The van der Waals surface area contributed by atoms with Crippen molar-refractivity contribution < 1.29 is 9.53 Å². The zero-order valence-electron chi connectivity index (χ0n) is 18.4. The molecular formula is C27H26N4O2. The zero-order chi connectivity index (χ0) is 22.5. The van der Waals surface area contributed by atoms with Crippen LogP contribution in [0.3, 0.4) is 0 Å². The van der Waals surface area contributed by atoms with Crippen LogP contribution in [-0.2, 0) is 17.8 Å². The minimum Gasteiger partial charge on any atom is -0.379 e. The molecule has 33 heavy (non-hydrogen) atoms. The molecule has 0 aliphatic carbocycles. The highest BCUT2D eigenvalue weighted by atomic mass is 16.5. The molecule has 6 nitrogen and oxygen atoms in total. The number of hydrogen-bond acceptors (Lipinski definition) is 5. The molecule has 2 aromatic heterocycles. The lowest BCUT2D eigenvalue weighted by molar-refractivity contribution is 0.0342. The number of morpholine rings is 1. The summed E-state index contributed by atoms with van der Waals surface area (Å²) in [5.41, 5.74) is 5.45. The van der Waals surface area contributed by atoms with E-state index in [9.17, 15) is 4.79 Å². The molecule has 6 heteroatoms. The van der Waals surface area contributed by atoms with E-state index >= 15 is 0 Å². The van der Waals surface area contributed by atoms with Crippen LogP contribution in [0.15, 0.2) is 79.1 Å². The lowest BCUT2D eigenvalue weighted by Crippen LogP contribution is -2.35. The molecule has 4 aromatic rings. The summed E-state index contributed by atoms with van der Waals surface area (Å²) in [6, 6.07) is 21.9. The number of fused-ring (bicyclic) bond motifs is 1. The third-order valence-electron chi connectivity index (χ3n) is 5.92. The number of nitrogens with zero attached hydrogens (tertiary/aromatic N) is 3. The van der Waals surface area contributed by atoms with Gasteiger partial charge < -0.3 is 10.1 Å². The summed E-state index contributed by atoms with van der Waals surface area (Å²) in [5, 5.41) is 3.92. The van der Waals surface area contributed by atoms with Crippen LogP contribution in [0.2, 0.25) is 0 Å². The average Bonchev–Trinajstić information content (AvgIpc) is 2.88. The van der Waals surface area contributed by atoms with Crippen LogP contribution >= 0.6 is 0 Å². The topological polar surface area (TPSA) is 67.4 Å². The first kappa shape index (κ1) is 21.2. The van der Waals surface area contributed by atoms with Crippen molar-refractivity contribution in [1.82, 2.24) is 20.2 Å². The van der Waals surface area contributed by atoms with E-state index in [-0.39, 0.29) is 5.91 Å². The van der Waals surface area contributed by atoms with Gasteiger partial charge in [0.2, 0.25) is 0 Å². The third kappa shape index (κ3) is 5.08. The highest BCUT2D eigenvalue weighted by Crippen LogP contribution is 2.24. The molecule has 1 amide bonds. The number of hydrogen-bond donors (Lipinski definition) is 1. The Kier molecular flexibility index (Phi) is 6.37. The number of aromatic nitrogens is 2. The molecule has 3 heterocycles. The van der Waals surface area contributed by atoms with E-state index in [0.717, 1.165) is 60.6 Å². The molecular weight excluding hydrogens is 412 g/mol. The van der Waals surface area contributed by atoms with Crippen molar-refractivity contribution in [3.8, 4) is 11.3 Å². The van der Waals surface area contributed by atoms with E-state index in [4.69, 9.17) is 9.72 Å². The van der Waals surface area contributed by atoms with Gasteiger partial charge >= 0.3 is 0 Å². The van der Waals surface area contributed by atoms with Crippen LogP contribution in [-0.4, -0.2) is 47.1 Å². The van der Waals surface area contributed by atoms with Crippen molar-refractivity contribution in [2.45, 2.75) is 13.1 Å². The summed E-state index contributed by atoms with van der Waals surface area (Å²) < 4.78 is 5.42. The van der Waals surface area contributed by atoms with E-state index in [1.54, 1.807) is 12.4 Å². The smallest absolute Gasteiger partial charge is 0.252 e. The van der Waals surface area contributed by atoms with Gasteiger partial charge in [0, 0.05) is 49.5 Å². The van der Waals surface area contributed by atoms with Gasteiger partial charge in [-0.15, -0.1) is 0 Å². The first-order valence-electron chi connectivity index (χ1n) is 11.2. The zero-order valence-corrected chi connectivity index (χ0v) is 18.4. The maximum Gasteiger partial charge on any atom is 0.252 e. The lowest BCUT2D eigenvalue weighted by Gasteiger charge is -2.26. The molecule has 1 aliphatic heterocycles. The fourth-order valence-corrected chi connectivity index (χ4v) is 4.09. The first-order chi connectivity index (χ1) is 16.3. The second-order valence-electron chi connectivity index (χ2n) is 8.20. The average molecular weight is 439 g/mol. The van der Waals surface area contributed by atoms with Crippen LogP contribution < -0.4 is 5.32 Å². The van der Waals surface area contributed by atoms with Gasteiger partial charge in [0.1, 0.15) is 0 Å². The molecule has 0 atom stereocenters. The van der Waals surface area contributed by atoms with Crippen molar-refractivity contribution in [3.05, 3.63) is 95.8 Å². The molecule has 1 fully saturated rings. The Bertz CT molecular complexity index is 1240. The number of benzene rings is 2. The molecule has 1 aliphatic rings. The minimum atomic E-state index is -0.110. The Hall–Kier alpha value is -3.61. The standard InChI is InChI=1S/C27H26N4O2/c32-27(29-18-20-5-7-21(8-6-20)19-31-13-15-33-16-14-31)24-17-26(22-9-11-28-12-10-22)30-25-4-2-1-3-23(24)25/h1-12,17H,13-16,18-19H2,(H,29,32). The number of carbonyl (C=O) groups is 1. The predicted molar refractivity (Wildman–Crippen MR) is 129 cm³/mol. The molecule has 0 radical (unpaired) electrons. The quantitative estimate of drug-likeness (QED) is 0.492. The van der Waals surface area contributed by atoms with Crippen molar-refractivity contribution >= 4 is 16.8 Å². The lowest BCUT2D eigenvalue weighted by atomic mass is 10.0. The van der Waals surface area contributed by atoms with Gasteiger partial charge in [0.15, 0.2) is 0 Å². The SMILES string of the molecule is O=C(NCc1ccc(CN2CCOCC2)cc1)c1cc(-c2ccncc2)nc2ccccc12. The Morgan fingerprint density at radius 3 is 2.45 bits per heavy atom. The highest BCUT2D eigenvalue weighted by Gasteiger charge is 2.14. The Labute approximate surface area is 193 Å². The van der Waals surface area contributed by atoms with Crippen LogP contribution in [0.5, 0.6) is 0 Å². The number of ether oxygens (including phenoxy) is 1. The molecule has 166 valence electrons. The number of nitrogens with one attached hydrogen (secondary N) is 1. The number of rotatable bonds is 6. The molecule has 1 N–H and O–H groups in total. The summed E-state index contributed by atoms with van der Waals surface area (Å²) in [7, 11) is 0. The monoisotopic (exact) mass is 438 g/mol. The summed E-state index contributed by atoms with van der Waals surface area (Å²) in [6.07, 6.45) is 3.46. The minimum absolute atomic E-state index is 0.110. The fourth-order valence-electron chi connectivity index (χ4n) is 4.09. The van der Waals surface area contributed by atoms with Crippen LogP contribution in [0.4, 0.5) is 0 Å². The Morgan fingerprint density at radius 1 is 0.939 bits per heavy atom. The number of para-hydroxylation sites is 1. The van der Waals surface area contributed by atoms with Gasteiger partial charge in [-0.25, -0.2) is 4.98 Å². The molecule has 2 aromatic carbocycles. The summed E-state index contributed by atoms with van der Waals surface area (Å²) in [4.78, 5) is 24.4. The molecule has 0 bridgehead atoms. The predicted octanol–water partition coefficient (Wildman–Crippen LogP) is 4.06. The highest BCUT2D eigenvalue weighted by molar-refractivity contribution is 6.07.